The predicted molar refractivity (Wildman–Crippen MR) is 120 cm³/mol. The maximum atomic E-state index is 5.97. The zero-order valence-corrected chi connectivity index (χ0v) is 17.6. The SMILES string of the molecule is C=NN/C(=N\N)c1sc(C(/C=C\N)=C/CI)nc1Cc1ccc(Cl)cc1. The maximum Gasteiger partial charge on any atom is 0.185 e. The van der Waals surface area contributed by atoms with E-state index in [4.69, 9.17) is 28.2 Å². The summed E-state index contributed by atoms with van der Waals surface area (Å²) in [4.78, 5) is 5.59. The van der Waals surface area contributed by atoms with Crippen molar-refractivity contribution in [2.45, 2.75) is 6.42 Å². The van der Waals surface area contributed by atoms with Crippen molar-refractivity contribution in [3.63, 3.8) is 0 Å². The van der Waals surface area contributed by atoms with Gasteiger partial charge >= 0.3 is 0 Å². The normalized spacial score (nSPS) is 12.5. The summed E-state index contributed by atoms with van der Waals surface area (Å²) >= 11 is 9.71. The smallest absolute Gasteiger partial charge is 0.185 e. The van der Waals surface area contributed by atoms with Gasteiger partial charge in [-0.2, -0.15) is 10.2 Å². The predicted octanol–water partition coefficient (Wildman–Crippen LogP) is 3.50. The molecule has 0 spiro atoms. The first-order valence-corrected chi connectivity index (χ1v) is 10.2. The van der Waals surface area contributed by atoms with Crippen LogP contribution in [0.1, 0.15) is 21.1 Å². The molecule has 0 bridgehead atoms. The zero-order valence-electron chi connectivity index (χ0n) is 13.8. The summed E-state index contributed by atoms with van der Waals surface area (Å²) in [5, 5.41) is 8.98. The van der Waals surface area contributed by atoms with Crippen molar-refractivity contribution in [3.05, 3.63) is 68.8 Å². The van der Waals surface area contributed by atoms with Crippen LogP contribution < -0.4 is 17.0 Å². The third-order valence-electron chi connectivity index (χ3n) is 3.33. The highest BCUT2D eigenvalue weighted by Gasteiger charge is 2.18. The molecule has 2 aromatic rings. The third kappa shape index (κ3) is 5.29. The number of amidine groups is 1. The highest BCUT2D eigenvalue weighted by Crippen LogP contribution is 2.28. The Labute approximate surface area is 174 Å². The molecule has 0 atom stereocenters. The standard InChI is InChI=1S/C17H18ClIN6S/c1-22-25-16(24-21)15-14(10-11-2-4-13(18)5-3-11)23-17(26-15)12(6-8-19)7-9-20/h2-7,9H,1,8,10,20-21H2,(H,24,25)/b9-7-,12-6+. The topological polar surface area (TPSA) is 102 Å². The van der Waals surface area contributed by atoms with Crippen LogP contribution in [-0.2, 0) is 6.42 Å². The molecule has 0 aliphatic carbocycles. The Morgan fingerprint density at radius 2 is 2.12 bits per heavy atom. The van der Waals surface area contributed by atoms with Crippen LogP contribution in [0, 0.1) is 0 Å². The van der Waals surface area contributed by atoms with Gasteiger partial charge in [-0.05, 0) is 30.0 Å². The van der Waals surface area contributed by atoms with E-state index in [0.717, 1.165) is 31.1 Å². The fraction of sp³-hybridized carbons (Fsp3) is 0.118. The highest BCUT2D eigenvalue weighted by molar-refractivity contribution is 14.1. The lowest BCUT2D eigenvalue weighted by Crippen LogP contribution is -2.20. The van der Waals surface area contributed by atoms with Gasteiger partial charge < -0.3 is 11.6 Å². The Hall–Kier alpha value is -1.91. The second kappa shape index (κ2) is 10.3. The summed E-state index contributed by atoms with van der Waals surface area (Å²) in [6.07, 6.45) is 5.98. The summed E-state index contributed by atoms with van der Waals surface area (Å²) < 4.78 is 0.836. The molecule has 1 aromatic heterocycles. The molecule has 2 rings (SSSR count). The van der Waals surface area contributed by atoms with Gasteiger partial charge in [-0.3, -0.25) is 5.43 Å². The van der Waals surface area contributed by atoms with Crippen molar-refractivity contribution in [1.82, 2.24) is 10.4 Å². The van der Waals surface area contributed by atoms with Crippen molar-refractivity contribution in [2.24, 2.45) is 21.8 Å². The molecule has 0 saturated carbocycles. The number of halogens is 2. The van der Waals surface area contributed by atoms with Gasteiger partial charge in [-0.25, -0.2) is 4.98 Å². The molecule has 5 N–H and O–H groups in total. The van der Waals surface area contributed by atoms with Gasteiger partial charge in [0.05, 0.1) is 10.6 Å². The second-order valence-corrected chi connectivity index (χ2v) is 7.33. The van der Waals surface area contributed by atoms with Gasteiger partial charge in [-0.1, -0.05) is 52.4 Å². The number of hydrogen-bond acceptors (Lipinski definition) is 6. The number of thiazole rings is 1. The van der Waals surface area contributed by atoms with E-state index in [9.17, 15) is 0 Å². The molecule has 0 radical (unpaired) electrons. The number of nitrogens with zero attached hydrogens (tertiary/aromatic N) is 3. The molecule has 9 heteroatoms. The average Bonchev–Trinajstić information content (AvgIpc) is 3.05. The van der Waals surface area contributed by atoms with Crippen LogP contribution in [0.4, 0.5) is 0 Å². The van der Waals surface area contributed by atoms with Crippen molar-refractivity contribution in [2.75, 3.05) is 4.43 Å². The highest BCUT2D eigenvalue weighted by atomic mass is 127. The lowest BCUT2D eigenvalue weighted by molar-refractivity contribution is 1.01. The average molecular weight is 501 g/mol. The number of benzene rings is 1. The van der Waals surface area contributed by atoms with E-state index in [0.29, 0.717) is 17.3 Å². The molecular weight excluding hydrogens is 483 g/mol. The van der Waals surface area contributed by atoms with E-state index in [1.165, 1.54) is 17.5 Å². The van der Waals surface area contributed by atoms with E-state index in [1.54, 1.807) is 0 Å². The molecular formula is C17H18ClIN6S. The van der Waals surface area contributed by atoms with Crippen molar-refractivity contribution in [3.8, 4) is 0 Å². The number of nitrogens with two attached hydrogens (primary N) is 2. The van der Waals surface area contributed by atoms with Crippen LogP contribution in [-0.4, -0.2) is 22.0 Å². The van der Waals surface area contributed by atoms with E-state index in [1.807, 2.05) is 30.3 Å². The minimum atomic E-state index is 0.415. The first-order valence-electron chi connectivity index (χ1n) is 7.51. The number of allylic oxidation sites excluding steroid dienone is 3. The molecule has 0 aliphatic heterocycles. The molecule has 0 amide bonds. The van der Waals surface area contributed by atoms with E-state index < -0.39 is 0 Å². The first kappa shape index (κ1) is 20.4. The van der Waals surface area contributed by atoms with Gasteiger partial charge in [-0.15, -0.1) is 11.3 Å². The number of hydrazone groups is 2. The molecule has 6 nitrogen and oxygen atoms in total. The van der Waals surface area contributed by atoms with E-state index >= 15 is 0 Å². The van der Waals surface area contributed by atoms with Crippen LogP contribution in [0.2, 0.25) is 5.02 Å². The van der Waals surface area contributed by atoms with E-state index in [2.05, 4.69) is 51.0 Å². The molecule has 26 heavy (non-hydrogen) atoms. The van der Waals surface area contributed by atoms with Crippen LogP contribution >= 0.6 is 45.5 Å². The monoisotopic (exact) mass is 500 g/mol. The summed E-state index contributed by atoms with van der Waals surface area (Å²) in [5.74, 6) is 5.94. The largest absolute Gasteiger partial charge is 0.405 e. The Bertz CT molecular complexity index is 841. The maximum absolute atomic E-state index is 5.97. The van der Waals surface area contributed by atoms with Crippen molar-refractivity contribution in [1.29, 1.82) is 0 Å². The molecule has 1 heterocycles. The second-order valence-electron chi connectivity index (χ2n) is 5.02. The zero-order chi connectivity index (χ0) is 18.9. The Morgan fingerprint density at radius 3 is 2.69 bits per heavy atom. The quantitative estimate of drug-likeness (QED) is 0.103. The Balaban J connectivity index is 2.50. The molecule has 0 unspecified atom stereocenters. The fourth-order valence-electron chi connectivity index (χ4n) is 2.20. The molecule has 0 aliphatic rings. The summed E-state index contributed by atoms with van der Waals surface area (Å²) in [6.45, 7) is 3.43. The summed E-state index contributed by atoms with van der Waals surface area (Å²) in [6, 6.07) is 7.63. The number of hydrogen-bond donors (Lipinski definition) is 3. The van der Waals surface area contributed by atoms with Crippen molar-refractivity contribution < 1.29 is 0 Å². The lowest BCUT2D eigenvalue weighted by atomic mass is 10.1. The summed E-state index contributed by atoms with van der Waals surface area (Å²) in [5.41, 5.74) is 11.1. The van der Waals surface area contributed by atoms with Gasteiger partial charge in [0, 0.05) is 28.2 Å². The fourth-order valence-corrected chi connectivity index (χ4v) is 3.85. The van der Waals surface area contributed by atoms with Crippen LogP contribution in [0.25, 0.3) is 5.57 Å². The molecule has 0 saturated heterocycles. The number of nitrogens with one attached hydrogen (secondary N) is 1. The Morgan fingerprint density at radius 1 is 1.38 bits per heavy atom. The van der Waals surface area contributed by atoms with Crippen LogP contribution in [0.15, 0.2) is 52.8 Å². The molecule has 0 fully saturated rings. The Kier molecular flexibility index (Phi) is 8.07. The number of rotatable bonds is 7. The molecule has 136 valence electrons. The van der Waals surface area contributed by atoms with Crippen LogP contribution in [0.3, 0.4) is 0 Å². The number of aromatic nitrogens is 1. The van der Waals surface area contributed by atoms with E-state index in [-0.39, 0.29) is 0 Å². The van der Waals surface area contributed by atoms with Crippen LogP contribution in [0.5, 0.6) is 0 Å². The van der Waals surface area contributed by atoms with Gasteiger partial charge in [0.1, 0.15) is 5.01 Å². The third-order valence-corrected chi connectivity index (χ3v) is 5.18. The first-order chi connectivity index (χ1) is 12.6. The summed E-state index contributed by atoms with van der Waals surface area (Å²) in [7, 11) is 0. The van der Waals surface area contributed by atoms with Gasteiger partial charge in [0.2, 0.25) is 0 Å². The van der Waals surface area contributed by atoms with Gasteiger partial charge in [0.15, 0.2) is 5.84 Å². The molecule has 1 aromatic carbocycles. The number of alkyl halides is 1. The lowest BCUT2D eigenvalue weighted by Gasteiger charge is -2.04. The minimum absolute atomic E-state index is 0.415. The minimum Gasteiger partial charge on any atom is -0.405 e. The van der Waals surface area contributed by atoms with Gasteiger partial charge in [0.25, 0.3) is 0 Å². The van der Waals surface area contributed by atoms with Crippen molar-refractivity contribution >= 4 is 63.7 Å².